The standard InChI is InChI=1S/C16H19NO3/c1-10-5-7-12(8-6-10)17-14(19)9-13(15(17)20)16(3,4)11(2)18/h5-8,13H,9H2,1-4H3/t13-/m0/s1. The molecule has 2 rings (SSSR count). The maximum Gasteiger partial charge on any atom is 0.238 e. The van der Waals surface area contributed by atoms with Crippen molar-refractivity contribution in [2.45, 2.75) is 34.1 Å². The van der Waals surface area contributed by atoms with Crippen molar-refractivity contribution in [2.75, 3.05) is 4.90 Å². The number of rotatable bonds is 3. The Morgan fingerprint density at radius 2 is 1.75 bits per heavy atom. The summed E-state index contributed by atoms with van der Waals surface area (Å²) in [6.45, 7) is 6.86. The molecule has 1 atom stereocenters. The van der Waals surface area contributed by atoms with Crippen LogP contribution in [0.3, 0.4) is 0 Å². The smallest absolute Gasteiger partial charge is 0.238 e. The van der Waals surface area contributed by atoms with Gasteiger partial charge < -0.3 is 0 Å². The number of ketones is 1. The number of aryl methyl sites for hydroxylation is 1. The number of hydrogen-bond donors (Lipinski definition) is 0. The van der Waals surface area contributed by atoms with Crippen LogP contribution in [-0.2, 0) is 14.4 Å². The molecule has 106 valence electrons. The number of carbonyl (C=O) groups excluding carboxylic acids is 3. The van der Waals surface area contributed by atoms with E-state index in [2.05, 4.69) is 0 Å². The highest BCUT2D eigenvalue weighted by Gasteiger charge is 2.49. The van der Waals surface area contributed by atoms with Gasteiger partial charge in [-0.3, -0.25) is 19.3 Å². The Bertz CT molecular complexity index is 572. The number of anilines is 1. The molecule has 1 fully saturated rings. The molecule has 4 heteroatoms. The summed E-state index contributed by atoms with van der Waals surface area (Å²) in [5.74, 6) is -1.17. The minimum absolute atomic E-state index is 0.0746. The minimum Gasteiger partial charge on any atom is -0.299 e. The normalized spacial score (nSPS) is 19.6. The maximum absolute atomic E-state index is 12.5. The summed E-state index contributed by atoms with van der Waals surface area (Å²) in [6, 6.07) is 7.24. The van der Waals surface area contributed by atoms with Gasteiger partial charge in [0, 0.05) is 11.8 Å². The largest absolute Gasteiger partial charge is 0.299 e. The second kappa shape index (κ2) is 4.85. The number of hydrogen-bond acceptors (Lipinski definition) is 3. The van der Waals surface area contributed by atoms with E-state index in [1.807, 2.05) is 19.1 Å². The fourth-order valence-corrected chi connectivity index (χ4v) is 2.41. The number of carbonyl (C=O) groups is 3. The molecule has 0 unspecified atom stereocenters. The Hall–Kier alpha value is -1.97. The van der Waals surface area contributed by atoms with Crippen LogP contribution in [0.25, 0.3) is 0 Å². The van der Waals surface area contributed by atoms with Crippen molar-refractivity contribution < 1.29 is 14.4 Å². The van der Waals surface area contributed by atoms with Gasteiger partial charge in [0.2, 0.25) is 11.8 Å². The van der Waals surface area contributed by atoms with E-state index in [4.69, 9.17) is 0 Å². The monoisotopic (exact) mass is 273 g/mol. The lowest BCUT2D eigenvalue weighted by Crippen LogP contribution is -2.38. The third-order valence-corrected chi connectivity index (χ3v) is 4.22. The number of imide groups is 1. The molecule has 20 heavy (non-hydrogen) atoms. The van der Waals surface area contributed by atoms with Crippen molar-refractivity contribution in [2.24, 2.45) is 11.3 Å². The Balaban J connectivity index is 2.35. The second-order valence-electron chi connectivity index (χ2n) is 5.94. The van der Waals surface area contributed by atoms with E-state index in [0.717, 1.165) is 5.56 Å². The summed E-state index contributed by atoms with van der Waals surface area (Å²) in [5, 5.41) is 0. The Morgan fingerprint density at radius 3 is 2.25 bits per heavy atom. The fourth-order valence-electron chi connectivity index (χ4n) is 2.41. The van der Waals surface area contributed by atoms with Gasteiger partial charge in [0.1, 0.15) is 5.78 Å². The SMILES string of the molecule is CC(=O)C(C)(C)[C@H]1CC(=O)N(c2ccc(C)cc2)C1=O. The zero-order valence-electron chi connectivity index (χ0n) is 12.3. The van der Waals surface area contributed by atoms with E-state index >= 15 is 0 Å². The van der Waals surface area contributed by atoms with Gasteiger partial charge in [0.05, 0.1) is 11.6 Å². The molecule has 0 radical (unpaired) electrons. The molecule has 0 aliphatic carbocycles. The lowest BCUT2D eigenvalue weighted by molar-refractivity contribution is -0.134. The van der Waals surface area contributed by atoms with Gasteiger partial charge in [-0.2, -0.15) is 0 Å². The van der Waals surface area contributed by atoms with Crippen LogP contribution < -0.4 is 4.90 Å². The summed E-state index contributed by atoms with van der Waals surface area (Å²) in [4.78, 5) is 37.6. The van der Waals surface area contributed by atoms with Gasteiger partial charge in [-0.05, 0) is 26.0 Å². The van der Waals surface area contributed by atoms with E-state index in [9.17, 15) is 14.4 Å². The van der Waals surface area contributed by atoms with Gasteiger partial charge in [-0.15, -0.1) is 0 Å². The number of nitrogens with zero attached hydrogens (tertiary/aromatic N) is 1. The molecule has 0 saturated carbocycles. The molecule has 0 spiro atoms. The third kappa shape index (κ3) is 2.26. The van der Waals surface area contributed by atoms with Crippen LogP contribution in [0, 0.1) is 18.3 Å². The number of benzene rings is 1. The van der Waals surface area contributed by atoms with Crippen molar-refractivity contribution in [3.05, 3.63) is 29.8 Å². The van der Waals surface area contributed by atoms with Gasteiger partial charge in [0.15, 0.2) is 0 Å². The lowest BCUT2D eigenvalue weighted by atomic mass is 9.75. The molecular weight excluding hydrogens is 254 g/mol. The molecule has 0 N–H and O–H groups in total. The first-order valence-corrected chi connectivity index (χ1v) is 6.69. The maximum atomic E-state index is 12.5. The molecule has 1 aliphatic rings. The van der Waals surface area contributed by atoms with Crippen molar-refractivity contribution >= 4 is 23.3 Å². The predicted molar refractivity (Wildman–Crippen MR) is 76.2 cm³/mol. The van der Waals surface area contributed by atoms with Crippen molar-refractivity contribution in [1.29, 1.82) is 0 Å². The highest BCUT2D eigenvalue weighted by Crippen LogP contribution is 2.38. The van der Waals surface area contributed by atoms with Crippen LogP contribution in [-0.4, -0.2) is 17.6 Å². The predicted octanol–water partition coefficient (Wildman–Crippen LogP) is 2.49. The summed E-state index contributed by atoms with van der Waals surface area (Å²) in [6.07, 6.45) is 0.0965. The first-order valence-electron chi connectivity index (χ1n) is 6.69. The van der Waals surface area contributed by atoms with Crippen LogP contribution in [0.4, 0.5) is 5.69 Å². The van der Waals surface area contributed by atoms with Gasteiger partial charge >= 0.3 is 0 Å². The third-order valence-electron chi connectivity index (χ3n) is 4.22. The highest BCUT2D eigenvalue weighted by molar-refractivity contribution is 6.22. The average Bonchev–Trinajstić information content (AvgIpc) is 2.67. The van der Waals surface area contributed by atoms with Crippen LogP contribution in [0.1, 0.15) is 32.8 Å². The Morgan fingerprint density at radius 1 is 1.20 bits per heavy atom. The molecule has 1 aromatic rings. The zero-order valence-corrected chi connectivity index (χ0v) is 12.3. The van der Waals surface area contributed by atoms with Crippen LogP contribution in [0.5, 0.6) is 0 Å². The molecule has 2 amide bonds. The molecule has 1 aliphatic heterocycles. The average molecular weight is 273 g/mol. The van der Waals surface area contributed by atoms with Crippen LogP contribution in [0.2, 0.25) is 0 Å². The highest BCUT2D eigenvalue weighted by atomic mass is 16.2. The first-order chi connectivity index (χ1) is 9.25. The van der Waals surface area contributed by atoms with Crippen LogP contribution >= 0.6 is 0 Å². The molecule has 1 saturated heterocycles. The molecule has 0 aromatic heterocycles. The number of amides is 2. The van der Waals surface area contributed by atoms with Crippen molar-refractivity contribution in [3.8, 4) is 0 Å². The summed E-state index contributed by atoms with van der Waals surface area (Å²) < 4.78 is 0. The van der Waals surface area contributed by atoms with E-state index in [1.54, 1.807) is 26.0 Å². The van der Waals surface area contributed by atoms with Crippen molar-refractivity contribution in [3.63, 3.8) is 0 Å². The molecule has 0 bridgehead atoms. The van der Waals surface area contributed by atoms with Crippen molar-refractivity contribution in [1.82, 2.24) is 0 Å². The molecule has 1 aromatic carbocycles. The summed E-state index contributed by atoms with van der Waals surface area (Å²) >= 11 is 0. The van der Waals surface area contributed by atoms with Gasteiger partial charge in [-0.1, -0.05) is 31.5 Å². The fraction of sp³-hybridized carbons (Fsp3) is 0.438. The molecular formula is C16H19NO3. The van der Waals surface area contributed by atoms with E-state index in [1.165, 1.54) is 11.8 Å². The quantitative estimate of drug-likeness (QED) is 0.795. The minimum atomic E-state index is -0.813. The van der Waals surface area contributed by atoms with Gasteiger partial charge in [0.25, 0.3) is 0 Å². The zero-order chi connectivity index (χ0) is 15.1. The summed E-state index contributed by atoms with van der Waals surface area (Å²) in [7, 11) is 0. The van der Waals surface area contributed by atoms with Crippen LogP contribution in [0.15, 0.2) is 24.3 Å². The molecule has 4 nitrogen and oxygen atoms in total. The molecule has 1 heterocycles. The van der Waals surface area contributed by atoms with E-state index in [0.29, 0.717) is 5.69 Å². The van der Waals surface area contributed by atoms with Gasteiger partial charge in [-0.25, -0.2) is 0 Å². The second-order valence-corrected chi connectivity index (χ2v) is 5.94. The first kappa shape index (κ1) is 14.4. The Kier molecular flexibility index (Phi) is 3.50. The van der Waals surface area contributed by atoms with E-state index < -0.39 is 11.3 Å². The van der Waals surface area contributed by atoms with E-state index in [-0.39, 0.29) is 24.0 Å². The topological polar surface area (TPSA) is 54.5 Å². The summed E-state index contributed by atoms with van der Waals surface area (Å²) in [5.41, 5.74) is 0.826. The lowest BCUT2D eigenvalue weighted by Gasteiger charge is -2.26. The number of Topliss-reactive ketones (excluding diaryl/α,β-unsaturated/α-hetero) is 1. The Labute approximate surface area is 118 Å².